The molecule has 0 unspecified atom stereocenters. The smallest absolute Gasteiger partial charge is 0.118 e. The Morgan fingerprint density at radius 1 is 1.20 bits per heavy atom. The van der Waals surface area contributed by atoms with Crippen LogP contribution in [-0.4, -0.2) is 12.1 Å². The van der Waals surface area contributed by atoms with Crippen molar-refractivity contribution in [2.75, 3.05) is 7.11 Å². The lowest BCUT2D eigenvalue weighted by Gasteiger charge is -2.03. The second kappa shape index (κ2) is 4.19. The third-order valence-electron chi connectivity index (χ3n) is 2.45. The minimum Gasteiger partial charge on any atom is -0.497 e. The Hall–Kier alpha value is -1.74. The van der Waals surface area contributed by atoms with Gasteiger partial charge in [0.2, 0.25) is 0 Å². The van der Waals surface area contributed by atoms with E-state index in [2.05, 4.69) is 4.98 Å². The van der Waals surface area contributed by atoms with Gasteiger partial charge >= 0.3 is 0 Å². The molecule has 1 aromatic heterocycles. The quantitative estimate of drug-likeness (QED) is 0.801. The van der Waals surface area contributed by atoms with E-state index in [1.165, 1.54) is 0 Å². The van der Waals surface area contributed by atoms with E-state index in [-0.39, 0.29) is 0 Å². The first-order chi connectivity index (χ1) is 7.35. The van der Waals surface area contributed by atoms with Crippen molar-refractivity contribution in [3.05, 3.63) is 42.2 Å². The molecule has 0 atom stereocenters. The van der Waals surface area contributed by atoms with Crippen molar-refractivity contribution in [1.82, 2.24) is 4.98 Å². The van der Waals surface area contributed by atoms with Crippen molar-refractivity contribution in [3.8, 4) is 16.9 Å². The standard InChI is InChI=1S/C12H14N2O/c1-15-11-4-2-9(3-5-11)12-8-14-7-10(12)6-13/h2-5,7-8,14H,6,13H2,1H3. The van der Waals surface area contributed by atoms with Crippen molar-refractivity contribution in [2.24, 2.45) is 5.73 Å². The lowest BCUT2D eigenvalue weighted by Crippen LogP contribution is -1.95. The molecule has 0 saturated carbocycles. The van der Waals surface area contributed by atoms with E-state index in [0.29, 0.717) is 6.54 Å². The number of nitrogens with one attached hydrogen (secondary N) is 1. The molecule has 3 N–H and O–H groups in total. The van der Waals surface area contributed by atoms with E-state index in [4.69, 9.17) is 10.5 Å². The minimum absolute atomic E-state index is 0.546. The second-order valence-corrected chi connectivity index (χ2v) is 3.33. The fraction of sp³-hybridized carbons (Fsp3) is 0.167. The fourth-order valence-corrected chi connectivity index (χ4v) is 1.60. The average Bonchev–Trinajstić information content (AvgIpc) is 2.77. The molecule has 0 aliphatic carbocycles. The van der Waals surface area contributed by atoms with Gasteiger partial charge in [0.15, 0.2) is 0 Å². The molecule has 1 heterocycles. The van der Waals surface area contributed by atoms with Crippen LogP contribution in [-0.2, 0) is 6.54 Å². The largest absolute Gasteiger partial charge is 0.497 e. The van der Waals surface area contributed by atoms with E-state index in [9.17, 15) is 0 Å². The molecule has 1 aromatic carbocycles. The topological polar surface area (TPSA) is 51.0 Å². The molecule has 15 heavy (non-hydrogen) atoms. The molecule has 0 spiro atoms. The van der Waals surface area contributed by atoms with Gasteiger partial charge in [0, 0.05) is 24.5 Å². The summed E-state index contributed by atoms with van der Waals surface area (Å²) >= 11 is 0. The van der Waals surface area contributed by atoms with Crippen LogP contribution in [0.15, 0.2) is 36.7 Å². The van der Waals surface area contributed by atoms with Crippen LogP contribution in [0, 0.1) is 0 Å². The molecule has 0 aliphatic rings. The number of benzene rings is 1. The monoisotopic (exact) mass is 202 g/mol. The zero-order valence-corrected chi connectivity index (χ0v) is 8.66. The molecular formula is C12H14N2O. The Morgan fingerprint density at radius 3 is 2.53 bits per heavy atom. The first-order valence-corrected chi connectivity index (χ1v) is 4.85. The van der Waals surface area contributed by atoms with Crippen molar-refractivity contribution >= 4 is 0 Å². The normalized spacial score (nSPS) is 10.3. The molecule has 0 fully saturated rings. The van der Waals surface area contributed by atoms with Crippen molar-refractivity contribution in [1.29, 1.82) is 0 Å². The maximum absolute atomic E-state index is 5.64. The van der Waals surface area contributed by atoms with E-state index in [1.54, 1.807) is 7.11 Å². The number of hydrogen-bond acceptors (Lipinski definition) is 2. The van der Waals surface area contributed by atoms with Gasteiger partial charge in [-0.05, 0) is 23.3 Å². The highest BCUT2D eigenvalue weighted by molar-refractivity contribution is 5.67. The van der Waals surface area contributed by atoms with Crippen molar-refractivity contribution in [2.45, 2.75) is 6.54 Å². The highest BCUT2D eigenvalue weighted by Crippen LogP contribution is 2.25. The molecule has 78 valence electrons. The molecule has 3 nitrogen and oxygen atoms in total. The van der Waals surface area contributed by atoms with Crippen LogP contribution in [0.25, 0.3) is 11.1 Å². The van der Waals surface area contributed by atoms with Crippen LogP contribution in [0.2, 0.25) is 0 Å². The van der Waals surface area contributed by atoms with E-state index >= 15 is 0 Å². The third-order valence-corrected chi connectivity index (χ3v) is 2.45. The van der Waals surface area contributed by atoms with Crippen LogP contribution in [0.1, 0.15) is 5.56 Å². The summed E-state index contributed by atoms with van der Waals surface area (Å²) in [4.78, 5) is 3.07. The van der Waals surface area contributed by atoms with Crippen LogP contribution in [0.5, 0.6) is 5.75 Å². The summed E-state index contributed by atoms with van der Waals surface area (Å²) < 4.78 is 5.11. The maximum Gasteiger partial charge on any atom is 0.118 e. The minimum atomic E-state index is 0.546. The van der Waals surface area contributed by atoms with E-state index in [0.717, 1.165) is 22.4 Å². The predicted octanol–water partition coefficient (Wildman–Crippen LogP) is 2.15. The second-order valence-electron chi connectivity index (χ2n) is 3.33. The maximum atomic E-state index is 5.64. The summed E-state index contributed by atoms with van der Waals surface area (Å²) in [6.45, 7) is 0.546. The van der Waals surface area contributed by atoms with Gasteiger partial charge < -0.3 is 15.5 Å². The van der Waals surface area contributed by atoms with Gasteiger partial charge in [-0.2, -0.15) is 0 Å². The van der Waals surface area contributed by atoms with Gasteiger partial charge in [-0.1, -0.05) is 12.1 Å². The Labute approximate surface area is 88.9 Å². The summed E-state index contributed by atoms with van der Waals surface area (Å²) in [5.41, 5.74) is 9.07. The SMILES string of the molecule is COc1ccc(-c2c[nH]cc2CN)cc1. The first kappa shape index (κ1) is 9.80. The lowest BCUT2D eigenvalue weighted by atomic mass is 10.0. The molecule has 3 heteroatoms. The van der Waals surface area contributed by atoms with Crippen molar-refractivity contribution < 1.29 is 4.74 Å². The van der Waals surface area contributed by atoms with Crippen LogP contribution in [0.4, 0.5) is 0 Å². The molecule has 0 bridgehead atoms. The molecule has 2 rings (SSSR count). The molecule has 2 aromatic rings. The fourth-order valence-electron chi connectivity index (χ4n) is 1.60. The predicted molar refractivity (Wildman–Crippen MR) is 60.7 cm³/mol. The molecule has 0 amide bonds. The van der Waals surface area contributed by atoms with Gasteiger partial charge in [0.1, 0.15) is 5.75 Å². The van der Waals surface area contributed by atoms with Crippen LogP contribution in [0.3, 0.4) is 0 Å². The molecule has 0 radical (unpaired) electrons. The van der Waals surface area contributed by atoms with E-state index < -0.39 is 0 Å². The number of H-pyrrole nitrogens is 1. The van der Waals surface area contributed by atoms with Gasteiger partial charge in [0.25, 0.3) is 0 Å². The highest BCUT2D eigenvalue weighted by atomic mass is 16.5. The number of rotatable bonds is 3. The lowest BCUT2D eigenvalue weighted by molar-refractivity contribution is 0.415. The number of hydrogen-bond donors (Lipinski definition) is 2. The van der Waals surface area contributed by atoms with E-state index in [1.807, 2.05) is 36.7 Å². The zero-order chi connectivity index (χ0) is 10.7. The molecule has 0 aliphatic heterocycles. The van der Waals surface area contributed by atoms with Gasteiger partial charge in [0.05, 0.1) is 7.11 Å². The summed E-state index contributed by atoms with van der Waals surface area (Å²) in [7, 11) is 1.66. The number of aromatic nitrogens is 1. The Kier molecular flexibility index (Phi) is 2.74. The molecule has 0 saturated heterocycles. The summed E-state index contributed by atoms with van der Waals surface area (Å²) in [6.07, 6.45) is 3.89. The van der Waals surface area contributed by atoms with Crippen molar-refractivity contribution in [3.63, 3.8) is 0 Å². The first-order valence-electron chi connectivity index (χ1n) is 4.85. The molecular weight excluding hydrogens is 188 g/mol. The summed E-state index contributed by atoms with van der Waals surface area (Å²) in [6, 6.07) is 7.95. The number of nitrogens with two attached hydrogens (primary N) is 1. The average molecular weight is 202 g/mol. The summed E-state index contributed by atoms with van der Waals surface area (Å²) in [5.74, 6) is 0.864. The highest BCUT2D eigenvalue weighted by Gasteiger charge is 2.04. The van der Waals surface area contributed by atoms with Gasteiger partial charge in [-0.15, -0.1) is 0 Å². The third kappa shape index (κ3) is 1.87. The zero-order valence-electron chi connectivity index (χ0n) is 8.66. The summed E-state index contributed by atoms with van der Waals surface area (Å²) in [5, 5.41) is 0. The van der Waals surface area contributed by atoms with Crippen LogP contribution >= 0.6 is 0 Å². The number of ether oxygens (including phenoxy) is 1. The van der Waals surface area contributed by atoms with Gasteiger partial charge in [-0.3, -0.25) is 0 Å². The Morgan fingerprint density at radius 2 is 1.93 bits per heavy atom. The Balaban J connectivity index is 2.37. The Bertz CT molecular complexity index is 431. The number of aromatic amines is 1. The number of methoxy groups -OCH3 is 1. The van der Waals surface area contributed by atoms with Gasteiger partial charge in [-0.25, -0.2) is 0 Å². The van der Waals surface area contributed by atoms with Crippen LogP contribution < -0.4 is 10.5 Å².